The summed E-state index contributed by atoms with van der Waals surface area (Å²) in [6.45, 7) is 1.40. The van der Waals surface area contributed by atoms with Crippen LogP contribution < -0.4 is 0 Å². The Morgan fingerprint density at radius 2 is 2.27 bits per heavy atom. The molecule has 82 valence electrons. The van der Waals surface area contributed by atoms with Crippen molar-refractivity contribution in [3.8, 4) is 0 Å². The maximum Gasteiger partial charge on any atom is 0.337 e. The van der Waals surface area contributed by atoms with Gasteiger partial charge in [0.1, 0.15) is 5.69 Å². The fourth-order valence-electron chi connectivity index (χ4n) is 1.18. The van der Waals surface area contributed by atoms with E-state index in [2.05, 4.69) is 20.9 Å². The molecule has 6 heteroatoms. The third-order valence-electron chi connectivity index (χ3n) is 1.91. The van der Waals surface area contributed by atoms with Crippen molar-refractivity contribution < 1.29 is 18.7 Å². The number of rotatable bonds is 3. The zero-order valence-electron chi connectivity index (χ0n) is 7.80. The second-order valence-electron chi connectivity index (χ2n) is 2.91. The van der Waals surface area contributed by atoms with Crippen LogP contribution in [0.3, 0.4) is 0 Å². The van der Waals surface area contributed by atoms with E-state index in [4.69, 9.17) is 5.11 Å². The van der Waals surface area contributed by atoms with Crippen LogP contribution in [0.25, 0.3) is 0 Å². The van der Waals surface area contributed by atoms with Crippen LogP contribution in [0.4, 0.5) is 8.78 Å². The summed E-state index contributed by atoms with van der Waals surface area (Å²) in [5.41, 5.74) is -0.112. The van der Waals surface area contributed by atoms with Gasteiger partial charge in [-0.05, 0) is 18.6 Å². The van der Waals surface area contributed by atoms with Crippen molar-refractivity contribution in [3.05, 3.63) is 28.6 Å². The normalized spacial score (nSPS) is 10.7. The topological polar surface area (TPSA) is 50.2 Å². The van der Waals surface area contributed by atoms with E-state index >= 15 is 0 Å². The van der Waals surface area contributed by atoms with E-state index < -0.39 is 12.4 Å². The molecule has 0 aliphatic carbocycles. The molecule has 3 nitrogen and oxygen atoms in total. The number of halogens is 3. The number of nitrogens with zero attached hydrogens (tertiary/aromatic N) is 1. The van der Waals surface area contributed by atoms with Crippen molar-refractivity contribution in [2.24, 2.45) is 0 Å². The van der Waals surface area contributed by atoms with Gasteiger partial charge in [0.05, 0.1) is 11.3 Å². The second-order valence-corrected chi connectivity index (χ2v) is 3.47. The SMILES string of the molecule is Cc1nc(C(F)F)c(CBr)cc1C(=O)O. The number of aromatic carboxylic acids is 1. The number of alkyl halides is 3. The number of hydrogen-bond acceptors (Lipinski definition) is 2. The Morgan fingerprint density at radius 1 is 1.67 bits per heavy atom. The highest BCUT2D eigenvalue weighted by Gasteiger charge is 2.18. The van der Waals surface area contributed by atoms with Gasteiger partial charge in [0, 0.05) is 5.33 Å². The molecule has 0 atom stereocenters. The van der Waals surface area contributed by atoms with Crippen LogP contribution in [-0.4, -0.2) is 16.1 Å². The largest absolute Gasteiger partial charge is 0.478 e. The Balaban J connectivity index is 3.35. The summed E-state index contributed by atoms with van der Waals surface area (Å²) in [5.74, 6) is -1.16. The number of aromatic nitrogens is 1. The van der Waals surface area contributed by atoms with E-state index in [0.29, 0.717) is 0 Å². The third-order valence-corrected chi connectivity index (χ3v) is 2.51. The van der Waals surface area contributed by atoms with Crippen LogP contribution in [-0.2, 0) is 5.33 Å². The van der Waals surface area contributed by atoms with E-state index in [1.165, 1.54) is 13.0 Å². The first-order valence-corrected chi connectivity index (χ1v) is 5.17. The lowest BCUT2D eigenvalue weighted by Crippen LogP contribution is -2.07. The molecule has 0 aliphatic rings. The Hall–Kier alpha value is -1.04. The minimum atomic E-state index is -2.70. The summed E-state index contributed by atoms with van der Waals surface area (Å²) < 4.78 is 25.0. The van der Waals surface area contributed by atoms with Crippen molar-refractivity contribution in [2.75, 3.05) is 0 Å². The molecule has 15 heavy (non-hydrogen) atoms. The second kappa shape index (κ2) is 4.65. The molecule has 1 rings (SSSR count). The first-order chi connectivity index (χ1) is 6.97. The van der Waals surface area contributed by atoms with Gasteiger partial charge in [-0.2, -0.15) is 0 Å². The number of aryl methyl sites for hydroxylation is 1. The smallest absolute Gasteiger partial charge is 0.337 e. The highest BCUT2D eigenvalue weighted by atomic mass is 79.9. The monoisotopic (exact) mass is 279 g/mol. The van der Waals surface area contributed by atoms with E-state index in [9.17, 15) is 13.6 Å². The zero-order chi connectivity index (χ0) is 11.6. The van der Waals surface area contributed by atoms with Gasteiger partial charge in [0.15, 0.2) is 0 Å². The van der Waals surface area contributed by atoms with Crippen molar-refractivity contribution >= 4 is 21.9 Å². The molecule has 0 aliphatic heterocycles. The molecular formula is C9H8BrF2NO2. The first kappa shape index (κ1) is 12.0. The lowest BCUT2D eigenvalue weighted by Gasteiger charge is -2.08. The predicted molar refractivity (Wildman–Crippen MR) is 53.5 cm³/mol. The molecule has 0 unspecified atom stereocenters. The Labute approximate surface area is 93.3 Å². The molecule has 0 bridgehead atoms. The molecule has 0 saturated heterocycles. The average Bonchev–Trinajstić information content (AvgIpc) is 2.16. The molecule has 1 N–H and O–H groups in total. The fraction of sp³-hybridized carbons (Fsp3) is 0.333. The quantitative estimate of drug-likeness (QED) is 0.866. The van der Waals surface area contributed by atoms with Crippen molar-refractivity contribution in [1.29, 1.82) is 0 Å². The summed E-state index contributed by atoms with van der Waals surface area (Å²) in [7, 11) is 0. The van der Waals surface area contributed by atoms with Gasteiger partial charge in [-0.1, -0.05) is 15.9 Å². The van der Waals surface area contributed by atoms with Gasteiger partial charge >= 0.3 is 5.97 Å². The van der Waals surface area contributed by atoms with Crippen LogP contribution in [0.1, 0.15) is 33.7 Å². The minimum absolute atomic E-state index is 0.0474. The number of carboxylic acids is 1. The van der Waals surface area contributed by atoms with Crippen molar-refractivity contribution in [1.82, 2.24) is 4.98 Å². The summed E-state index contributed by atoms with van der Waals surface area (Å²) in [5, 5.41) is 8.93. The van der Waals surface area contributed by atoms with Gasteiger partial charge in [-0.3, -0.25) is 4.98 Å². The predicted octanol–water partition coefficient (Wildman–Crippen LogP) is 2.92. The Morgan fingerprint density at radius 3 is 2.67 bits per heavy atom. The lowest BCUT2D eigenvalue weighted by atomic mass is 10.1. The van der Waals surface area contributed by atoms with Crippen LogP contribution in [0, 0.1) is 6.92 Å². The van der Waals surface area contributed by atoms with Gasteiger partial charge < -0.3 is 5.11 Å². The summed E-state index contributed by atoms with van der Waals surface area (Å²) in [6.07, 6.45) is -2.70. The molecule has 0 amide bonds. The molecule has 0 saturated carbocycles. The Kier molecular flexibility index (Phi) is 3.73. The number of carboxylic acid groups (broad SMARTS) is 1. The number of pyridine rings is 1. The molecule has 0 fully saturated rings. The average molecular weight is 280 g/mol. The standard InChI is InChI=1S/C9H8BrF2NO2/c1-4-6(9(14)15)2-5(3-10)7(13-4)8(11)12/h2,8H,3H2,1H3,(H,14,15). The lowest BCUT2D eigenvalue weighted by molar-refractivity contribution is 0.0694. The number of carbonyl (C=O) groups is 1. The summed E-state index contributed by atoms with van der Waals surface area (Å²) in [6, 6.07) is 1.22. The van der Waals surface area contributed by atoms with E-state index in [0.717, 1.165) is 0 Å². The molecule has 1 heterocycles. The van der Waals surface area contributed by atoms with Crippen LogP contribution >= 0.6 is 15.9 Å². The van der Waals surface area contributed by atoms with E-state index in [1.54, 1.807) is 0 Å². The van der Waals surface area contributed by atoms with Gasteiger partial charge in [0.25, 0.3) is 6.43 Å². The molecule has 1 aromatic heterocycles. The molecule has 0 spiro atoms. The summed E-state index contributed by atoms with van der Waals surface area (Å²) in [4.78, 5) is 14.3. The molecule has 0 aromatic carbocycles. The molecule has 0 radical (unpaired) electrons. The minimum Gasteiger partial charge on any atom is -0.478 e. The maximum absolute atomic E-state index is 12.5. The van der Waals surface area contributed by atoms with Crippen LogP contribution in [0.15, 0.2) is 6.07 Å². The molecular weight excluding hydrogens is 272 g/mol. The zero-order valence-corrected chi connectivity index (χ0v) is 9.38. The van der Waals surface area contributed by atoms with Crippen LogP contribution in [0.5, 0.6) is 0 Å². The van der Waals surface area contributed by atoms with Crippen molar-refractivity contribution in [2.45, 2.75) is 18.7 Å². The highest BCUT2D eigenvalue weighted by molar-refractivity contribution is 9.08. The Bertz CT molecular complexity index is 396. The third kappa shape index (κ3) is 2.50. The maximum atomic E-state index is 12.5. The van der Waals surface area contributed by atoms with Gasteiger partial charge in [-0.25, -0.2) is 13.6 Å². The van der Waals surface area contributed by atoms with Gasteiger partial charge in [0.2, 0.25) is 0 Å². The van der Waals surface area contributed by atoms with E-state index in [1.807, 2.05) is 0 Å². The highest BCUT2D eigenvalue weighted by Crippen LogP contribution is 2.24. The van der Waals surface area contributed by atoms with Crippen LogP contribution in [0.2, 0.25) is 0 Å². The molecule has 1 aromatic rings. The first-order valence-electron chi connectivity index (χ1n) is 4.05. The van der Waals surface area contributed by atoms with E-state index in [-0.39, 0.29) is 27.8 Å². The summed E-state index contributed by atoms with van der Waals surface area (Å²) >= 11 is 3.02. The van der Waals surface area contributed by atoms with Crippen molar-refractivity contribution in [3.63, 3.8) is 0 Å². The van der Waals surface area contributed by atoms with Gasteiger partial charge in [-0.15, -0.1) is 0 Å². The fourth-order valence-corrected chi connectivity index (χ4v) is 1.63. The number of hydrogen-bond donors (Lipinski definition) is 1.